The van der Waals surface area contributed by atoms with Crippen molar-refractivity contribution in [3.63, 3.8) is 0 Å². The molecule has 0 spiro atoms. The van der Waals surface area contributed by atoms with E-state index in [4.69, 9.17) is 13.9 Å². The molecule has 7 nitrogen and oxygen atoms in total. The Balaban J connectivity index is 1.85. The molecule has 1 amide bonds. The van der Waals surface area contributed by atoms with Gasteiger partial charge in [0.1, 0.15) is 5.76 Å². The summed E-state index contributed by atoms with van der Waals surface area (Å²) in [5.74, 6) is -0.185. The highest BCUT2D eigenvalue weighted by molar-refractivity contribution is 5.90. The molecular formula is C18H19NO6. The van der Waals surface area contributed by atoms with Gasteiger partial charge in [0.25, 0.3) is 5.91 Å². The lowest BCUT2D eigenvalue weighted by Gasteiger charge is -2.11. The average Bonchev–Trinajstić information content (AvgIpc) is 3.12. The highest BCUT2D eigenvalue weighted by Crippen LogP contribution is 2.26. The predicted octanol–water partition coefficient (Wildman–Crippen LogP) is 2.26. The Hall–Kier alpha value is -3.22. The summed E-state index contributed by atoms with van der Waals surface area (Å²) in [4.78, 5) is 23.7. The van der Waals surface area contributed by atoms with Gasteiger partial charge in [0.2, 0.25) is 0 Å². The first-order chi connectivity index (χ1) is 12.0. The van der Waals surface area contributed by atoms with Gasteiger partial charge in [0.15, 0.2) is 17.6 Å². The molecule has 2 rings (SSSR count). The summed E-state index contributed by atoms with van der Waals surface area (Å²) in [6, 6.07) is 8.08. The molecule has 0 saturated carbocycles. The second-order valence-electron chi connectivity index (χ2n) is 5.14. The van der Waals surface area contributed by atoms with Gasteiger partial charge in [-0.1, -0.05) is 6.07 Å². The number of benzene rings is 1. The quantitative estimate of drug-likeness (QED) is 0.590. The maximum absolute atomic E-state index is 11.9. The SMILES string of the molecule is COc1cc(/C=C/C(=O)O[C@H](C)C(=O)NCc2ccco2)ccc1O. The van der Waals surface area contributed by atoms with E-state index in [1.165, 1.54) is 38.5 Å². The third kappa shape index (κ3) is 5.42. The number of carbonyl (C=O) groups is 2. The Morgan fingerprint density at radius 2 is 2.16 bits per heavy atom. The Morgan fingerprint density at radius 3 is 2.84 bits per heavy atom. The molecule has 25 heavy (non-hydrogen) atoms. The molecule has 132 valence electrons. The minimum absolute atomic E-state index is 0.00377. The van der Waals surface area contributed by atoms with Crippen LogP contribution in [0.2, 0.25) is 0 Å². The molecule has 2 aromatic rings. The molecule has 0 unspecified atom stereocenters. The van der Waals surface area contributed by atoms with Crippen LogP contribution < -0.4 is 10.1 Å². The van der Waals surface area contributed by atoms with Crippen LogP contribution in [0.15, 0.2) is 47.1 Å². The Kier molecular flexibility index (Phi) is 6.22. The zero-order valence-electron chi connectivity index (χ0n) is 13.9. The van der Waals surface area contributed by atoms with Crippen molar-refractivity contribution >= 4 is 18.0 Å². The van der Waals surface area contributed by atoms with Gasteiger partial charge in [-0.15, -0.1) is 0 Å². The van der Waals surface area contributed by atoms with E-state index in [0.29, 0.717) is 17.1 Å². The van der Waals surface area contributed by atoms with Gasteiger partial charge in [-0.3, -0.25) is 4.79 Å². The van der Waals surface area contributed by atoms with Gasteiger partial charge in [-0.2, -0.15) is 0 Å². The fraction of sp³-hybridized carbons (Fsp3) is 0.222. The fourth-order valence-electron chi connectivity index (χ4n) is 1.96. The van der Waals surface area contributed by atoms with E-state index in [2.05, 4.69) is 5.32 Å². The van der Waals surface area contributed by atoms with Gasteiger partial charge in [0, 0.05) is 6.08 Å². The Labute approximate surface area is 144 Å². The summed E-state index contributed by atoms with van der Waals surface area (Å²) in [6.45, 7) is 1.70. The minimum atomic E-state index is -0.943. The monoisotopic (exact) mass is 345 g/mol. The van der Waals surface area contributed by atoms with Crippen LogP contribution in [0.1, 0.15) is 18.2 Å². The summed E-state index contributed by atoms with van der Waals surface area (Å²) < 4.78 is 15.1. The molecule has 1 heterocycles. The number of phenolic OH excluding ortho intramolecular Hbond substituents is 1. The number of carbonyl (C=O) groups excluding carboxylic acids is 2. The molecule has 0 aliphatic heterocycles. The maximum atomic E-state index is 11.9. The molecule has 0 aliphatic rings. The first kappa shape index (κ1) is 18.1. The third-order valence-electron chi connectivity index (χ3n) is 3.29. The number of hydrogen-bond donors (Lipinski definition) is 2. The minimum Gasteiger partial charge on any atom is -0.504 e. The van der Waals surface area contributed by atoms with Crippen molar-refractivity contribution in [2.24, 2.45) is 0 Å². The molecular weight excluding hydrogens is 326 g/mol. The highest BCUT2D eigenvalue weighted by Gasteiger charge is 2.16. The number of phenols is 1. The number of hydrogen-bond acceptors (Lipinski definition) is 6. The molecule has 2 N–H and O–H groups in total. The van der Waals surface area contributed by atoms with Crippen molar-refractivity contribution < 1.29 is 28.6 Å². The summed E-state index contributed by atoms with van der Waals surface area (Å²) in [5, 5.41) is 12.1. The average molecular weight is 345 g/mol. The van der Waals surface area contributed by atoms with E-state index < -0.39 is 18.0 Å². The number of aromatic hydroxyl groups is 1. The van der Waals surface area contributed by atoms with Gasteiger partial charge >= 0.3 is 5.97 Å². The van der Waals surface area contributed by atoms with Crippen molar-refractivity contribution in [2.45, 2.75) is 19.6 Å². The second-order valence-corrected chi connectivity index (χ2v) is 5.14. The normalized spacial score (nSPS) is 11.9. The van der Waals surface area contributed by atoms with E-state index >= 15 is 0 Å². The van der Waals surface area contributed by atoms with E-state index in [-0.39, 0.29) is 12.3 Å². The summed E-state index contributed by atoms with van der Waals surface area (Å²) >= 11 is 0. The first-order valence-electron chi connectivity index (χ1n) is 7.55. The number of furan rings is 1. The largest absolute Gasteiger partial charge is 0.504 e. The van der Waals surface area contributed by atoms with Crippen molar-refractivity contribution in [3.05, 3.63) is 54.0 Å². The van der Waals surface area contributed by atoms with E-state index in [1.54, 1.807) is 24.3 Å². The van der Waals surface area contributed by atoms with Crippen LogP contribution >= 0.6 is 0 Å². The van der Waals surface area contributed by atoms with Crippen LogP contribution in [-0.2, 0) is 20.9 Å². The first-order valence-corrected chi connectivity index (χ1v) is 7.55. The zero-order valence-corrected chi connectivity index (χ0v) is 13.9. The topological polar surface area (TPSA) is 98.0 Å². The molecule has 1 aromatic carbocycles. The molecule has 0 radical (unpaired) electrons. The van der Waals surface area contributed by atoms with Crippen LogP contribution in [0.3, 0.4) is 0 Å². The van der Waals surface area contributed by atoms with E-state index in [1.807, 2.05) is 0 Å². The molecule has 0 fully saturated rings. The number of nitrogens with one attached hydrogen (secondary N) is 1. The van der Waals surface area contributed by atoms with Gasteiger partial charge in [-0.25, -0.2) is 4.79 Å². The van der Waals surface area contributed by atoms with Crippen molar-refractivity contribution in [1.82, 2.24) is 5.32 Å². The number of amides is 1. The highest BCUT2D eigenvalue weighted by atomic mass is 16.5. The predicted molar refractivity (Wildman–Crippen MR) is 89.8 cm³/mol. The molecule has 7 heteroatoms. The van der Waals surface area contributed by atoms with Crippen LogP contribution in [0.4, 0.5) is 0 Å². The van der Waals surface area contributed by atoms with E-state index in [9.17, 15) is 14.7 Å². The summed E-state index contributed by atoms with van der Waals surface area (Å²) in [6.07, 6.45) is 3.26. The molecule has 0 saturated heterocycles. The third-order valence-corrected chi connectivity index (χ3v) is 3.29. The molecule has 1 aromatic heterocycles. The van der Waals surface area contributed by atoms with Crippen LogP contribution in [0, 0.1) is 0 Å². The van der Waals surface area contributed by atoms with Crippen LogP contribution in [0.5, 0.6) is 11.5 Å². The maximum Gasteiger partial charge on any atom is 0.331 e. The number of esters is 1. The number of ether oxygens (including phenoxy) is 2. The van der Waals surface area contributed by atoms with Crippen molar-refractivity contribution in [1.29, 1.82) is 0 Å². The standard InChI is InChI=1S/C18H19NO6/c1-12(18(22)19-11-14-4-3-9-24-14)25-17(21)8-6-13-5-7-15(20)16(10-13)23-2/h3-10,12,20H,11H2,1-2H3,(H,19,22)/b8-6+/t12-/m1/s1. The fourth-order valence-corrected chi connectivity index (χ4v) is 1.96. The van der Waals surface area contributed by atoms with Gasteiger partial charge in [-0.05, 0) is 42.8 Å². The summed E-state index contributed by atoms with van der Waals surface area (Å²) in [7, 11) is 1.43. The van der Waals surface area contributed by atoms with Crippen LogP contribution in [0.25, 0.3) is 6.08 Å². The lowest BCUT2D eigenvalue weighted by Crippen LogP contribution is -2.35. The lowest BCUT2D eigenvalue weighted by molar-refractivity contribution is -0.150. The number of rotatable bonds is 7. The molecule has 0 bridgehead atoms. The lowest BCUT2D eigenvalue weighted by atomic mass is 10.2. The van der Waals surface area contributed by atoms with Crippen LogP contribution in [-0.4, -0.2) is 30.2 Å². The summed E-state index contributed by atoms with van der Waals surface area (Å²) in [5.41, 5.74) is 0.640. The van der Waals surface area contributed by atoms with Gasteiger partial charge < -0.3 is 24.3 Å². The van der Waals surface area contributed by atoms with Crippen molar-refractivity contribution in [3.8, 4) is 11.5 Å². The Morgan fingerprint density at radius 1 is 1.36 bits per heavy atom. The smallest absolute Gasteiger partial charge is 0.331 e. The molecule has 1 atom stereocenters. The van der Waals surface area contributed by atoms with E-state index in [0.717, 1.165) is 0 Å². The second kappa shape index (κ2) is 8.58. The Bertz CT molecular complexity index is 751. The van der Waals surface area contributed by atoms with Gasteiger partial charge in [0.05, 0.1) is 19.9 Å². The number of methoxy groups -OCH3 is 1. The molecule has 0 aliphatic carbocycles. The zero-order chi connectivity index (χ0) is 18.2. The van der Waals surface area contributed by atoms with Crippen molar-refractivity contribution in [2.75, 3.05) is 7.11 Å².